The van der Waals surface area contributed by atoms with Crippen LogP contribution in [-0.2, 0) is 15.6 Å². The molecule has 2 heterocycles. The van der Waals surface area contributed by atoms with Crippen LogP contribution in [0.1, 0.15) is 16.5 Å². The number of rotatable bonds is 3. The summed E-state index contributed by atoms with van der Waals surface area (Å²) >= 11 is 11.9. The molecule has 1 aliphatic rings. The first kappa shape index (κ1) is 15.6. The molecule has 116 valence electrons. The van der Waals surface area contributed by atoms with Crippen LogP contribution in [0, 0.1) is 3.95 Å². The molecule has 2 aromatic rings. The number of aromatic amines is 1. The highest BCUT2D eigenvalue weighted by atomic mass is 35.5. The van der Waals surface area contributed by atoms with E-state index in [1.807, 2.05) is 12.1 Å². The minimum atomic E-state index is -3.57. The molecule has 0 spiro atoms. The molecular formula is C12H11ClN4O2S3. The molecule has 10 heteroatoms. The minimum Gasteiger partial charge on any atom is -0.308 e. The number of halogens is 1. The number of H-pyrrole nitrogens is 1. The van der Waals surface area contributed by atoms with Gasteiger partial charge in [0, 0.05) is 11.6 Å². The smallest absolute Gasteiger partial charge is 0.200 e. The number of benzene rings is 1. The Kier molecular flexibility index (Phi) is 4.31. The number of hydrogen-bond acceptors (Lipinski definition) is 7. The fourth-order valence-corrected chi connectivity index (χ4v) is 5.13. The minimum absolute atomic E-state index is 0.121. The van der Waals surface area contributed by atoms with Crippen LogP contribution in [0.15, 0.2) is 29.4 Å². The first-order chi connectivity index (χ1) is 10.5. The topological polar surface area (TPSA) is 87.2 Å². The summed E-state index contributed by atoms with van der Waals surface area (Å²) in [6, 6.07) is 7.09. The van der Waals surface area contributed by atoms with Gasteiger partial charge in [-0.05, 0) is 29.9 Å². The molecule has 22 heavy (non-hydrogen) atoms. The summed E-state index contributed by atoms with van der Waals surface area (Å²) in [5.74, 6) is -0.538. The quantitative estimate of drug-likeness (QED) is 0.806. The number of nitrogens with zero attached hydrogens (tertiary/aromatic N) is 2. The largest absolute Gasteiger partial charge is 0.308 e. The molecule has 0 saturated carbocycles. The van der Waals surface area contributed by atoms with E-state index in [1.165, 1.54) is 0 Å². The maximum atomic E-state index is 12.6. The van der Waals surface area contributed by atoms with Crippen molar-refractivity contribution in [1.82, 2.24) is 15.6 Å². The average molecular weight is 375 g/mol. The van der Waals surface area contributed by atoms with Crippen LogP contribution in [0.25, 0.3) is 0 Å². The van der Waals surface area contributed by atoms with E-state index in [0.717, 1.165) is 16.9 Å². The van der Waals surface area contributed by atoms with E-state index in [1.54, 1.807) is 12.1 Å². The second-order valence-corrected chi connectivity index (χ2v) is 8.81. The van der Waals surface area contributed by atoms with Crippen LogP contribution in [0.3, 0.4) is 0 Å². The van der Waals surface area contributed by atoms with Gasteiger partial charge in [0.1, 0.15) is 10.8 Å². The molecule has 3 rings (SSSR count). The summed E-state index contributed by atoms with van der Waals surface area (Å²) in [6.45, 7) is 0.437. The maximum Gasteiger partial charge on any atom is 0.200 e. The van der Waals surface area contributed by atoms with Gasteiger partial charge in [-0.2, -0.15) is 10.2 Å². The van der Waals surface area contributed by atoms with Crippen molar-refractivity contribution in [2.24, 2.45) is 5.10 Å². The van der Waals surface area contributed by atoms with Crippen molar-refractivity contribution in [1.29, 1.82) is 0 Å². The van der Waals surface area contributed by atoms with E-state index in [2.05, 4.69) is 20.7 Å². The van der Waals surface area contributed by atoms with E-state index in [9.17, 15) is 8.42 Å². The average Bonchev–Trinajstić information content (AvgIpc) is 3.09. The maximum absolute atomic E-state index is 12.6. The lowest BCUT2D eigenvalue weighted by molar-refractivity contribution is 0.605. The van der Waals surface area contributed by atoms with Crippen LogP contribution < -0.4 is 5.43 Å². The van der Waals surface area contributed by atoms with Crippen LogP contribution in [-0.4, -0.2) is 30.2 Å². The van der Waals surface area contributed by atoms with Crippen LogP contribution in [0.2, 0.25) is 5.02 Å². The number of nitrogens with one attached hydrogen (secondary N) is 2. The Morgan fingerprint density at radius 3 is 2.73 bits per heavy atom. The third-order valence-corrected chi connectivity index (χ3v) is 6.36. The molecule has 1 aromatic carbocycles. The van der Waals surface area contributed by atoms with Gasteiger partial charge >= 0.3 is 0 Å². The van der Waals surface area contributed by atoms with Crippen LogP contribution in [0.4, 0.5) is 0 Å². The molecule has 0 bridgehead atoms. The normalized spacial score (nSPS) is 18.0. The molecule has 2 N–H and O–H groups in total. The van der Waals surface area contributed by atoms with Crippen molar-refractivity contribution >= 4 is 50.0 Å². The van der Waals surface area contributed by atoms with E-state index in [-0.39, 0.29) is 16.7 Å². The van der Waals surface area contributed by atoms with Gasteiger partial charge in [-0.15, -0.1) is 0 Å². The SMILES string of the molecule is O=S(=O)(Cc1n[nH]c(=S)s1)C1=NNC[C@@H]1c1ccc(Cl)cc1. The lowest BCUT2D eigenvalue weighted by atomic mass is 10.0. The molecule has 1 aromatic heterocycles. The van der Waals surface area contributed by atoms with Gasteiger partial charge in [-0.1, -0.05) is 35.1 Å². The highest BCUT2D eigenvalue weighted by Gasteiger charge is 2.34. The monoisotopic (exact) mass is 374 g/mol. The lowest BCUT2D eigenvalue weighted by Gasteiger charge is -2.12. The van der Waals surface area contributed by atoms with Gasteiger partial charge in [-0.25, -0.2) is 8.42 Å². The number of hydrazone groups is 1. The molecule has 0 aliphatic carbocycles. The molecule has 1 atom stereocenters. The fourth-order valence-electron chi connectivity index (χ4n) is 2.18. The zero-order valence-corrected chi connectivity index (χ0v) is 14.3. The standard InChI is InChI=1S/C12H11ClN4O2S3/c13-8-3-1-7(2-4-8)9-5-14-16-11(9)22(18,19)6-10-15-17-12(20)21-10/h1-4,9,14H,5-6H2,(H,17,20)/t9-/m1/s1. The summed E-state index contributed by atoms with van der Waals surface area (Å²) in [7, 11) is -3.57. The van der Waals surface area contributed by atoms with Crippen LogP contribution >= 0.6 is 35.2 Å². The van der Waals surface area contributed by atoms with E-state index >= 15 is 0 Å². The highest BCUT2D eigenvalue weighted by Crippen LogP contribution is 2.26. The third-order valence-electron chi connectivity index (χ3n) is 3.17. The molecule has 1 aliphatic heterocycles. The first-order valence-electron chi connectivity index (χ1n) is 6.29. The lowest BCUT2D eigenvalue weighted by Crippen LogP contribution is -2.23. The molecular weight excluding hydrogens is 364 g/mol. The summed E-state index contributed by atoms with van der Waals surface area (Å²) in [5, 5.41) is 11.6. The van der Waals surface area contributed by atoms with Crippen molar-refractivity contribution in [2.75, 3.05) is 6.54 Å². The van der Waals surface area contributed by atoms with Gasteiger partial charge in [0.15, 0.2) is 9.00 Å². The summed E-state index contributed by atoms with van der Waals surface area (Å²) in [4.78, 5) is 0. The number of aromatic nitrogens is 2. The Morgan fingerprint density at radius 1 is 1.36 bits per heavy atom. The Bertz CT molecular complexity index is 870. The highest BCUT2D eigenvalue weighted by molar-refractivity contribution is 8.05. The Balaban J connectivity index is 1.88. The van der Waals surface area contributed by atoms with Crippen molar-refractivity contribution < 1.29 is 8.42 Å². The molecule has 0 saturated heterocycles. The van der Waals surface area contributed by atoms with E-state index in [4.69, 9.17) is 23.8 Å². The van der Waals surface area contributed by atoms with Gasteiger partial charge in [0.05, 0.1) is 5.92 Å². The van der Waals surface area contributed by atoms with Crippen LogP contribution in [0.5, 0.6) is 0 Å². The van der Waals surface area contributed by atoms with E-state index in [0.29, 0.717) is 20.5 Å². The number of hydrogen-bond donors (Lipinski definition) is 2. The second-order valence-electron chi connectivity index (χ2n) is 4.68. The van der Waals surface area contributed by atoms with Crippen molar-refractivity contribution in [3.63, 3.8) is 0 Å². The molecule has 0 unspecified atom stereocenters. The molecule has 0 amide bonds. The third kappa shape index (κ3) is 3.22. The Labute approximate surface area is 141 Å². The van der Waals surface area contributed by atoms with Gasteiger partial charge in [-0.3, -0.25) is 5.10 Å². The summed E-state index contributed by atoms with van der Waals surface area (Å²) in [6.07, 6.45) is 0. The predicted octanol–water partition coefficient (Wildman–Crippen LogP) is 2.47. The Hall–Kier alpha value is -1.29. The second kappa shape index (κ2) is 6.07. The fraction of sp³-hybridized carbons (Fsp3) is 0.250. The van der Waals surface area contributed by atoms with Gasteiger partial charge in [0.2, 0.25) is 9.84 Å². The predicted molar refractivity (Wildman–Crippen MR) is 89.6 cm³/mol. The zero-order valence-electron chi connectivity index (χ0n) is 11.1. The van der Waals surface area contributed by atoms with Crippen molar-refractivity contribution in [3.8, 4) is 0 Å². The van der Waals surface area contributed by atoms with Crippen molar-refractivity contribution in [3.05, 3.63) is 43.8 Å². The van der Waals surface area contributed by atoms with Gasteiger partial charge in [0.25, 0.3) is 0 Å². The first-order valence-corrected chi connectivity index (χ1v) is 9.54. The number of sulfone groups is 1. The Morgan fingerprint density at radius 2 is 2.09 bits per heavy atom. The van der Waals surface area contributed by atoms with Gasteiger partial charge < -0.3 is 5.43 Å². The molecule has 0 fully saturated rings. The molecule has 6 nitrogen and oxygen atoms in total. The molecule has 0 radical (unpaired) electrons. The zero-order chi connectivity index (χ0) is 15.7. The van der Waals surface area contributed by atoms with E-state index < -0.39 is 9.84 Å². The summed E-state index contributed by atoms with van der Waals surface area (Å²) < 4.78 is 25.6. The van der Waals surface area contributed by atoms with Crippen molar-refractivity contribution in [2.45, 2.75) is 11.7 Å². The summed E-state index contributed by atoms with van der Waals surface area (Å²) in [5.41, 5.74) is 3.62.